The number of para-hydroxylation sites is 4. The van der Waals surface area contributed by atoms with Crippen molar-refractivity contribution in [2.75, 3.05) is 5.73 Å². The van der Waals surface area contributed by atoms with Crippen molar-refractivity contribution < 1.29 is 0 Å². The highest BCUT2D eigenvalue weighted by Gasteiger charge is 2.17. The molecule has 31 heavy (non-hydrogen) atoms. The molecule has 4 aromatic carbocycles. The fourth-order valence-corrected chi connectivity index (χ4v) is 3.97. The molecule has 0 saturated carbocycles. The highest BCUT2D eigenvalue weighted by molar-refractivity contribution is 5.92. The van der Waals surface area contributed by atoms with E-state index in [1.165, 1.54) is 0 Å². The number of anilines is 1. The van der Waals surface area contributed by atoms with Crippen molar-refractivity contribution in [3.05, 3.63) is 97.1 Å². The minimum absolute atomic E-state index is 0.574. The maximum atomic E-state index is 6.21. The van der Waals surface area contributed by atoms with E-state index < -0.39 is 0 Å². The third-order valence-electron chi connectivity index (χ3n) is 5.41. The molecule has 0 aliphatic heterocycles. The van der Waals surface area contributed by atoms with Crippen LogP contribution in [0.4, 0.5) is 17.1 Å². The number of benzene rings is 4. The van der Waals surface area contributed by atoms with Crippen LogP contribution >= 0.6 is 0 Å². The van der Waals surface area contributed by atoms with Gasteiger partial charge < -0.3 is 5.73 Å². The lowest BCUT2D eigenvalue weighted by Gasteiger charge is -2.07. The van der Waals surface area contributed by atoms with Crippen LogP contribution in [0, 0.1) is 0 Å². The van der Waals surface area contributed by atoms with Crippen LogP contribution in [0.5, 0.6) is 0 Å². The lowest BCUT2D eigenvalue weighted by Crippen LogP contribution is -1.96. The molecule has 6 aromatic rings. The van der Waals surface area contributed by atoms with E-state index in [-0.39, 0.29) is 0 Å². The average molecular weight is 402 g/mol. The van der Waals surface area contributed by atoms with Crippen LogP contribution < -0.4 is 5.73 Å². The Kier molecular flexibility index (Phi) is 3.83. The third kappa shape index (κ3) is 2.77. The van der Waals surface area contributed by atoms with Crippen LogP contribution in [-0.2, 0) is 0 Å². The molecule has 0 radical (unpaired) electrons. The first-order valence-corrected chi connectivity index (χ1v) is 10.0. The number of hydrogen-bond donors (Lipinski definition) is 1. The number of nitrogens with zero attached hydrogens (tertiary/aromatic N) is 5. The number of hydrogen-bond acceptors (Lipinski definition) is 4. The van der Waals surface area contributed by atoms with E-state index >= 15 is 0 Å². The molecule has 0 saturated heterocycles. The molecule has 6 nitrogen and oxygen atoms in total. The highest BCUT2D eigenvalue weighted by Crippen LogP contribution is 2.32. The molecule has 6 rings (SSSR count). The van der Waals surface area contributed by atoms with Crippen molar-refractivity contribution in [1.29, 1.82) is 0 Å². The minimum Gasteiger partial charge on any atom is -0.397 e. The van der Waals surface area contributed by atoms with Gasteiger partial charge in [-0.2, -0.15) is 5.11 Å². The van der Waals surface area contributed by atoms with Crippen molar-refractivity contribution in [3.63, 3.8) is 0 Å². The molecule has 0 amide bonds. The fraction of sp³-hybridized carbons (Fsp3) is 0. The van der Waals surface area contributed by atoms with Gasteiger partial charge in [0.25, 0.3) is 0 Å². The Morgan fingerprint density at radius 2 is 1.39 bits per heavy atom. The standard InChI is InChI=1S/C25H18N6/c26-19-15-14-18(16-21(19)29-28-17-8-2-1-3-9-17)30-23-12-6-7-13-24(23)31-22-11-5-4-10-20(22)27-25(30)31/h1-16H,26H2. The van der Waals surface area contributed by atoms with E-state index in [9.17, 15) is 0 Å². The Hall–Kier alpha value is -4.45. The topological polar surface area (TPSA) is 73.0 Å². The molecule has 2 N–H and O–H groups in total. The van der Waals surface area contributed by atoms with Crippen molar-refractivity contribution in [3.8, 4) is 5.69 Å². The molecule has 148 valence electrons. The van der Waals surface area contributed by atoms with Crippen molar-refractivity contribution in [2.45, 2.75) is 0 Å². The number of fused-ring (bicyclic) bond motifs is 5. The highest BCUT2D eigenvalue weighted by atomic mass is 15.2. The molecule has 6 heteroatoms. The van der Waals surface area contributed by atoms with Crippen LogP contribution in [0.2, 0.25) is 0 Å². The average Bonchev–Trinajstić information content (AvgIpc) is 3.34. The molecule has 0 aliphatic carbocycles. The lowest BCUT2D eigenvalue weighted by molar-refractivity contribution is 1.10. The van der Waals surface area contributed by atoms with Crippen molar-refractivity contribution >= 4 is 44.9 Å². The van der Waals surface area contributed by atoms with Gasteiger partial charge in [0.1, 0.15) is 5.69 Å². The molecule has 2 aromatic heterocycles. The molecular weight excluding hydrogens is 384 g/mol. The largest absolute Gasteiger partial charge is 0.397 e. The summed E-state index contributed by atoms with van der Waals surface area (Å²) < 4.78 is 4.32. The zero-order valence-corrected chi connectivity index (χ0v) is 16.6. The summed E-state index contributed by atoms with van der Waals surface area (Å²) in [5.41, 5.74) is 13.3. The van der Waals surface area contributed by atoms with E-state index in [2.05, 4.69) is 37.4 Å². The van der Waals surface area contributed by atoms with Gasteiger partial charge in [-0.3, -0.25) is 8.97 Å². The third-order valence-corrected chi connectivity index (χ3v) is 5.41. The molecule has 0 unspecified atom stereocenters. The first kappa shape index (κ1) is 17.4. The van der Waals surface area contributed by atoms with Crippen molar-refractivity contribution in [1.82, 2.24) is 14.0 Å². The summed E-state index contributed by atoms with van der Waals surface area (Å²) in [6.45, 7) is 0. The van der Waals surface area contributed by atoms with Crippen molar-refractivity contribution in [2.24, 2.45) is 10.2 Å². The van der Waals surface area contributed by atoms with Gasteiger partial charge in [-0.05, 0) is 54.6 Å². The maximum Gasteiger partial charge on any atom is 0.220 e. The number of imidazole rings is 2. The molecule has 0 spiro atoms. The van der Waals surface area contributed by atoms with Crippen LogP contribution in [0.1, 0.15) is 0 Å². The van der Waals surface area contributed by atoms with E-state index in [4.69, 9.17) is 10.7 Å². The molecule has 2 heterocycles. The second-order valence-electron chi connectivity index (χ2n) is 7.34. The Morgan fingerprint density at radius 3 is 2.23 bits per heavy atom. The normalized spacial score (nSPS) is 11.9. The summed E-state index contributed by atoms with van der Waals surface area (Å²) >= 11 is 0. The van der Waals surface area contributed by atoms with Gasteiger partial charge in [0, 0.05) is 0 Å². The van der Waals surface area contributed by atoms with Crippen LogP contribution in [-0.4, -0.2) is 14.0 Å². The number of aromatic nitrogens is 3. The Balaban J connectivity index is 1.59. The van der Waals surface area contributed by atoms with E-state index in [0.29, 0.717) is 11.4 Å². The summed E-state index contributed by atoms with van der Waals surface area (Å²) in [5, 5.41) is 8.74. The van der Waals surface area contributed by atoms with Gasteiger partial charge in [0.05, 0.1) is 39.1 Å². The lowest BCUT2D eigenvalue weighted by atomic mass is 10.2. The fourth-order valence-electron chi connectivity index (χ4n) is 3.97. The molecule has 0 aliphatic rings. The smallest absolute Gasteiger partial charge is 0.220 e. The van der Waals surface area contributed by atoms with Gasteiger partial charge in [0.15, 0.2) is 0 Å². The summed E-state index contributed by atoms with van der Waals surface area (Å²) in [7, 11) is 0. The molecular formula is C25H18N6. The SMILES string of the molecule is Nc1ccc(-n2c3ccccc3n3c4ccccc4nc23)cc1N=Nc1ccccc1. The van der Waals surface area contributed by atoms with Crippen LogP contribution in [0.15, 0.2) is 107 Å². The number of rotatable bonds is 3. The summed E-state index contributed by atoms with van der Waals surface area (Å²) in [6.07, 6.45) is 0. The van der Waals surface area contributed by atoms with E-state index in [1.807, 2.05) is 78.9 Å². The monoisotopic (exact) mass is 402 g/mol. The number of nitrogen functional groups attached to an aromatic ring is 1. The Morgan fingerprint density at radius 1 is 0.677 bits per heavy atom. The Labute approximate surface area is 177 Å². The maximum absolute atomic E-state index is 6.21. The molecule has 0 bridgehead atoms. The minimum atomic E-state index is 0.574. The van der Waals surface area contributed by atoms with E-state index in [0.717, 1.165) is 39.2 Å². The zero-order chi connectivity index (χ0) is 20.8. The number of nitrogens with two attached hydrogens (primary N) is 1. The first-order chi connectivity index (χ1) is 15.3. The molecule has 0 atom stereocenters. The first-order valence-electron chi connectivity index (χ1n) is 10.0. The van der Waals surface area contributed by atoms with Gasteiger partial charge in [-0.25, -0.2) is 4.98 Å². The summed E-state index contributed by atoms with van der Waals surface area (Å²) in [5.74, 6) is 0.845. The van der Waals surface area contributed by atoms with Crippen LogP contribution in [0.25, 0.3) is 33.5 Å². The number of azo groups is 1. The van der Waals surface area contributed by atoms with Gasteiger partial charge in [-0.15, -0.1) is 5.11 Å². The van der Waals surface area contributed by atoms with Gasteiger partial charge in [-0.1, -0.05) is 42.5 Å². The predicted molar refractivity (Wildman–Crippen MR) is 125 cm³/mol. The molecule has 0 fully saturated rings. The zero-order valence-electron chi connectivity index (χ0n) is 16.6. The Bertz CT molecular complexity index is 1590. The second-order valence-corrected chi connectivity index (χ2v) is 7.34. The summed E-state index contributed by atoms with van der Waals surface area (Å²) in [6, 6.07) is 31.9. The van der Waals surface area contributed by atoms with E-state index in [1.54, 1.807) is 0 Å². The van der Waals surface area contributed by atoms with Gasteiger partial charge in [0.2, 0.25) is 5.78 Å². The second kappa shape index (κ2) is 6.81. The predicted octanol–water partition coefficient (Wildman–Crippen LogP) is 6.43. The van der Waals surface area contributed by atoms with Gasteiger partial charge >= 0.3 is 0 Å². The quantitative estimate of drug-likeness (QED) is 0.274. The van der Waals surface area contributed by atoms with Crippen LogP contribution in [0.3, 0.4) is 0 Å². The summed E-state index contributed by atoms with van der Waals surface area (Å²) in [4.78, 5) is 4.92.